The highest BCUT2D eigenvalue weighted by atomic mass is 32.2. The zero-order valence-corrected chi connectivity index (χ0v) is 11.8. The second-order valence-electron chi connectivity index (χ2n) is 4.45. The smallest absolute Gasteiger partial charge is 0.268 e. The predicted molar refractivity (Wildman–Crippen MR) is 78.6 cm³/mol. The van der Waals surface area contributed by atoms with Gasteiger partial charge in [-0.1, -0.05) is 50.1 Å². The number of hydrogen-bond donors (Lipinski definition) is 0. The van der Waals surface area contributed by atoms with Crippen LogP contribution in [0.2, 0.25) is 0 Å². The minimum Gasteiger partial charge on any atom is -0.268 e. The van der Waals surface area contributed by atoms with E-state index in [2.05, 4.69) is 6.92 Å². The first-order chi connectivity index (χ1) is 9.22. The number of carbonyl (C=O) groups excluding carboxylic acids is 2. The van der Waals surface area contributed by atoms with Crippen molar-refractivity contribution in [2.45, 2.75) is 26.2 Å². The van der Waals surface area contributed by atoms with Crippen molar-refractivity contribution in [2.75, 3.05) is 6.54 Å². The highest BCUT2D eigenvalue weighted by Crippen LogP contribution is 2.32. The van der Waals surface area contributed by atoms with E-state index in [-0.39, 0.29) is 11.1 Å². The normalized spacial score (nSPS) is 17.5. The molecule has 4 heteroatoms. The van der Waals surface area contributed by atoms with Crippen LogP contribution in [0.3, 0.4) is 0 Å². The average Bonchev–Trinajstić information content (AvgIpc) is 2.68. The molecule has 1 heterocycles. The molecule has 1 aliphatic rings. The van der Waals surface area contributed by atoms with Gasteiger partial charge in [-0.05, 0) is 29.8 Å². The standard InChI is InChI=1S/C15H17NO2S/c1-2-3-7-10-16-14(17)13(19-15(16)18)11-12-8-5-4-6-9-12/h4-6,8-9,11H,2-3,7,10H2,1H3/b13-11-. The number of amides is 2. The Morgan fingerprint density at radius 1 is 1.16 bits per heavy atom. The van der Waals surface area contributed by atoms with E-state index in [0.717, 1.165) is 36.6 Å². The van der Waals surface area contributed by atoms with E-state index in [1.165, 1.54) is 4.90 Å². The number of unbranched alkanes of at least 4 members (excludes halogenated alkanes) is 2. The Bertz CT molecular complexity index is 496. The largest absolute Gasteiger partial charge is 0.293 e. The fraction of sp³-hybridized carbons (Fsp3) is 0.333. The van der Waals surface area contributed by atoms with E-state index >= 15 is 0 Å². The van der Waals surface area contributed by atoms with Gasteiger partial charge in [-0.2, -0.15) is 0 Å². The highest BCUT2D eigenvalue weighted by molar-refractivity contribution is 8.18. The van der Waals surface area contributed by atoms with Crippen molar-refractivity contribution in [3.63, 3.8) is 0 Å². The van der Waals surface area contributed by atoms with Gasteiger partial charge in [0.1, 0.15) is 0 Å². The maximum atomic E-state index is 12.1. The minimum atomic E-state index is -0.157. The van der Waals surface area contributed by atoms with Crippen molar-refractivity contribution in [1.82, 2.24) is 4.90 Å². The third-order valence-electron chi connectivity index (χ3n) is 2.96. The Kier molecular flexibility index (Phi) is 4.80. The molecule has 3 nitrogen and oxygen atoms in total. The first-order valence-electron chi connectivity index (χ1n) is 6.53. The molecule has 0 atom stereocenters. The summed E-state index contributed by atoms with van der Waals surface area (Å²) in [5.41, 5.74) is 0.946. The fourth-order valence-corrected chi connectivity index (χ4v) is 2.78. The Hall–Kier alpha value is -1.55. The highest BCUT2D eigenvalue weighted by Gasteiger charge is 2.34. The molecule has 0 spiro atoms. The maximum absolute atomic E-state index is 12.1. The number of benzene rings is 1. The fourth-order valence-electron chi connectivity index (χ4n) is 1.91. The molecule has 1 aliphatic heterocycles. The summed E-state index contributed by atoms with van der Waals surface area (Å²) >= 11 is 1.03. The molecule has 2 amide bonds. The molecule has 1 aromatic rings. The van der Waals surface area contributed by atoms with Crippen molar-refractivity contribution in [3.8, 4) is 0 Å². The summed E-state index contributed by atoms with van der Waals surface area (Å²) in [6.45, 7) is 2.63. The summed E-state index contributed by atoms with van der Waals surface area (Å²) in [4.78, 5) is 25.8. The zero-order chi connectivity index (χ0) is 13.7. The Morgan fingerprint density at radius 3 is 2.58 bits per heavy atom. The molecule has 2 rings (SSSR count). The van der Waals surface area contributed by atoms with E-state index in [1.54, 1.807) is 6.08 Å². The van der Waals surface area contributed by atoms with Crippen LogP contribution in [-0.4, -0.2) is 22.6 Å². The molecule has 0 unspecified atom stereocenters. The minimum absolute atomic E-state index is 0.150. The molecule has 100 valence electrons. The van der Waals surface area contributed by atoms with E-state index in [1.807, 2.05) is 30.3 Å². The summed E-state index contributed by atoms with van der Waals surface area (Å²) in [5, 5.41) is -0.150. The number of carbonyl (C=O) groups is 2. The van der Waals surface area contributed by atoms with Gasteiger partial charge in [0.15, 0.2) is 0 Å². The first-order valence-corrected chi connectivity index (χ1v) is 7.34. The van der Waals surface area contributed by atoms with Crippen LogP contribution < -0.4 is 0 Å². The number of nitrogens with zero attached hydrogens (tertiary/aromatic N) is 1. The van der Waals surface area contributed by atoms with Crippen molar-refractivity contribution in [2.24, 2.45) is 0 Å². The summed E-state index contributed by atoms with van der Waals surface area (Å²) in [6.07, 6.45) is 4.79. The molecule has 0 N–H and O–H groups in total. The lowest BCUT2D eigenvalue weighted by atomic mass is 10.2. The number of thioether (sulfide) groups is 1. The number of imide groups is 1. The van der Waals surface area contributed by atoms with Crippen LogP contribution >= 0.6 is 11.8 Å². The molecule has 0 aromatic heterocycles. The van der Waals surface area contributed by atoms with Gasteiger partial charge in [-0.25, -0.2) is 0 Å². The van der Waals surface area contributed by atoms with Gasteiger partial charge < -0.3 is 0 Å². The summed E-state index contributed by atoms with van der Waals surface area (Å²) < 4.78 is 0. The van der Waals surface area contributed by atoms with Gasteiger partial charge in [0.25, 0.3) is 11.1 Å². The van der Waals surface area contributed by atoms with Crippen LogP contribution in [0.1, 0.15) is 31.7 Å². The molecular formula is C15H17NO2S. The van der Waals surface area contributed by atoms with Gasteiger partial charge in [0.2, 0.25) is 0 Å². The molecule has 0 radical (unpaired) electrons. The van der Waals surface area contributed by atoms with E-state index < -0.39 is 0 Å². The number of hydrogen-bond acceptors (Lipinski definition) is 3. The topological polar surface area (TPSA) is 37.4 Å². The Morgan fingerprint density at radius 2 is 1.89 bits per heavy atom. The second kappa shape index (κ2) is 6.57. The van der Waals surface area contributed by atoms with E-state index in [9.17, 15) is 9.59 Å². The molecule has 1 aromatic carbocycles. The first kappa shape index (κ1) is 13.9. The van der Waals surface area contributed by atoms with Crippen LogP contribution in [-0.2, 0) is 4.79 Å². The van der Waals surface area contributed by atoms with Gasteiger partial charge in [-0.15, -0.1) is 0 Å². The van der Waals surface area contributed by atoms with Crippen LogP contribution in [0.25, 0.3) is 6.08 Å². The second-order valence-corrected chi connectivity index (χ2v) is 5.44. The van der Waals surface area contributed by atoms with Crippen LogP contribution in [0.5, 0.6) is 0 Å². The van der Waals surface area contributed by atoms with Crippen molar-refractivity contribution in [3.05, 3.63) is 40.8 Å². The van der Waals surface area contributed by atoms with Gasteiger partial charge in [-0.3, -0.25) is 14.5 Å². The Labute approximate surface area is 117 Å². The lowest BCUT2D eigenvalue weighted by molar-refractivity contribution is -0.122. The summed E-state index contributed by atoms with van der Waals surface area (Å²) in [5.74, 6) is -0.157. The molecule has 19 heavy (non-hydrogen) atoms. The Balaban J connectivity index is 2.07. The van der Waals surface area contributed by atoms with Gasteiger partial charge >= 0.3 is 0 Å². The zero-order valence-electron chi connectivity index (χ0n) is 11.0. The molecule has 1 saturated heterocycles. The SMILES string of the molecule is CCCCCN1C(=O)S/C(=C\c2ccccc2)C1=O. The van der Waals surface area contributed by atoms with Gasteiger partial charge in [0, 0.05) is 6.54 Å². The summed E-state index contributed by atoms with van der Waals surface area (Å²) in [6, 6.07) is 9.60. The van der Waals surface area contributed by atoms with E-state index in [4.69, 9.17) is 0 Å². The molecular weight excluding hydrogens is 258 g/mol. The quantitative estimate of drug-likeness (QED) is 0.604. The van der Waals surface area contributed by atoms with Crippen LogP contribution in [0.15, 0.2) is 35.2 Å². The number of rotatable bonds is 5. The molecule has 0 saturated carbocycles. The van der Waals surface area contributed by atoms with Crippen molar-refractivity contribution >= 4 is 29.0 Å². The maximum Gasteiger partial charge on any atom is 0.293 e. The predicted octanol–water partition coefficient (Wildman–Crippen LogP) is 3.91. The lowest BCUT2D eigenvalue weighted by Gasteiger charge is -2.11. The molecule has 0 bridgehead atoms. The lowest BCUT2D eigenvalue weighted by Crippen LogP contribution is -2.29. The average molecular weight is 275 g/mol. The molecule has 1 fully saturated rings. The monoisotopic (exact) mass is 275 g/mol. The van der Waals surface area contributed by atoms with Crippen molar-refractivity contribution < 1.29 is 9.59 Å². The van der Waals surface area contributed by atoms with E-state index in [0.29, 0.717) is 11.4 Å². The third kappa shape index (κ3) is 3.47. The summed E-state index contributed by atoms with van der Waals surface area (Å²) in [7, 11) is 0. The third-order valence-corrected chi connectivity index (χ3v) is 3.86. The molecule has 0 aliphatic carbocycles. The van der Waals surface area contributed by atoms with Crippen LogP contribution in [0, 0.1) is 0 Å². The van der Waals surface area contributed by atoms with Crippen molar-refractivity contribution in [1.29, 1.82) is 0 Å². The van der Waals surface area contributed by atoms with Gasteiger partial charge in [0.05, 0.1) is 4.91 Å². The van der Waals surface area contributed by atoms with Crippen LogP contribution in [0.4, 0.5) is 4.79 Å².